The van der Waals surface area contributed by atoms with Gasteiger partial charge in [0.25, 0.3) is 0 Å². The van der Waals surface area contributed by atoms with Gasteiger partial charge in [-0.2, -0.15) is 0 Å². The lowest BCUT2D eigenvalue weighted by molar-refractivity contribution is 0.669. The molecule has 0 amide bonds. The molecule has 0 fully saturated rings. The van der Waals surface area contributed by atoms with Crippen molar-refractivity contribution in [2.75, 3.05) is 4.90 Å². The third-order valence-corrected chi connectivity index (χ3v) is 11.3. The van der Waals surface area contributed by atoms with E-state index in [1.165, 1.54) is 47.4 Å². The Morgan fingerprint density at radius 3 is 2.04 bits per heavy atom. The second-order valence-corrected chi connectivity index (χ2v) is 14.0. The standard InChI is InChI=1S/C46H28N2OS/c1-2-12-31(13-3-1)47-37-17-7-4-15-34(37)45-38(47)18-10-19-39(45)48(40-20-11-23-44-46(40)35-16-6-9-22-43(35)50-44)32-25-24-29-28-42-36(27-30(29)26-32)33-14-5-8-21-41(33)49-42/h1-28H. The van der Waals surface area contributed by atoms with Gasteiger partial charge in [-0.3, -0.25) is 0 Å². The molecular formula is C46H28N2OS. The lowest BCUT2D eigenvalue weighted by Crippen LogP contribution is -2.11. The van der Waals surface area contributed by atoms with E-state index in [2.05, 4.69) is 167 Å². The number of aromatic nitrogens is 1. The van der Waals surface area contributed by atoms with Gasteiger partial charge in [0, 0.05) is 53.1 Å². The average Bonchev–Trinajstić information content (AvgIpc) is 3.84. The van der Waals surface area contributed by atoms with E-state index in [-0.39, 0.29) is 0 Å². The number of fused-ring (bicyclic) bond motifs is 10. The zero-order valence-corrected chi connectivity index (χ0v) is 27.7. The predicted molar refractivity (Wildman–Crippen MR) is 213 cm³/mol. The van der Waals surface area contributed by atoms with Crippen molar-refractivity contribution in [1.29, 1.82) is 0 Å². The Morgan fingerprint density at radius 1 is 0.440 bits per heavy atom. The molecule has 50 heavy (non-hydrogen) atoms. The number of rotatable bonds is 4. The molecule has 4 heteroatoms. The number of furan rings is 1. The lowest BCUT2D eigenvalue weighted by Gasteiger charge is -2.28. The van der Waals surface area contributed by atoms with E-state index >= 15 is 0 Å². The molecule has 0 unspecified atom stereocenters. The van der Waals surface area contributed by atoms with E-state index in [9.17, 15) is 0 Å². The van der Waals surface area contributed by atoms with Gasteiger partial charge < -0.3 is 13.9 Å². The van der Waals surface area contributed by atoms with Crippen LogP contribution in [0.4, 0.5) is 17.1 Å². The van der Waals surface area contributed by atoms with Crippen molar-refractivity contribution in [3.63, 3.8) is 0 Å². The Labute approximate surface area is 291 Å². The molecule has 11 aromatic rings. The summed E-state index contributed by atoms with van der Waals surface area (Å²) in [5, 5.41) is 9.59. The Kier molecular flexibility index (Phi) is 5.83. The highest BCUT2D eigenvalue weighted by Crippen LogP contribution is 2.49. The van der Waals surface area contributed by atoms with E-state index in [1.807, 2.05) is 23.5 Å². The maximum Gasteiger partial charge on any atom is 0.136 e. The van der Waals surface area contributed by atoms with Crippen LogP contribution in [0.2, 0.25) is 0 Å². The molecular weight excluding hydrogens is 629 g/mol. The summed E-state index contributed by atoms with van der Waals surface area (Å²) in [4.78, 5) is 2.49. The molecule has 8 aromatic carbocycles. The zero-order valence-electron chi connectivity index (χ0n) is 26.9. The van der Waals surface area contributed by atoms with Crippen LogP contribution < -0.4 is 4.90 Å². The zero-order chi connectivity index (χ0) is 32.8. The predicted octanol–water partition coefficient (Wildman–Crippen LogP) is 13.7. The molecule has 0 aliphatic carbocycles. The fourth-order valence-corrected chi connectivity index (χ4v) is 9.11. The smallest absolute Gasteiger partial charge is 0.136 e. The van der Waals surface area contributed by atoms with Gasteiger partial charge in [0.1, 0.15) is 11.2 Å². The fourth-order valence-electron chi connectivity index (χ4n) is 7.99. The van der Waals surface area contributed by atoms with Crippen LogP contribution in [-0.4, -0.2) is 4.57 Å². The minimum Gasteiger partial charge on any atom is -0.456 e. The molecule has 0 saturated carbocycles. The second-order valence-electron chi connectivity index (χ2n) is 12.9. The van der Waals surface area contributed by atoms with Crippen LogP contribution in [-0.2, 0) is 0 Å². The molecule has 0 aliphatic rings. The summed E-state index contributed by atoms with van der Waals surface area (Å²) in [5.74, 6) is 0. The molecule has 0 spiro atoms. The third-order valence-electron chi connectivity index (χ3n) is 10.1. The van der Waals surface area contributed by atoms with Crippen LogP contribution in [0, 0.1) is 0 Å². The number of para-hydroxylation sites is 3. The molecule has 0 bridgehead atoms. The third kappa shape index (κ3) is 3.97. The molecule has 11 rings (SSSR count). The second kappa shape index (κ2) is 10.6. The monoisotopic (exact) mass is 656 g/mol. The van der Waals surface area contributed by atoms with Crippen LogP contribution in [0.5, 0.6) is 0 Å². The molecule has 0 aliphatic heterocycles. The van der Waals surface area contributed by atoms with E-state index in [4.69, 9.17) is 4.42 Å². The highest BCUT2D eigenvalue weighted by Gasteiger charge is 2.24. The quantitative estimate of drug-likeness (QED) is 0.188. The first-order chi connectivity index (χ1) is 24.8. The topological polar surface area (TPSA) is 21.3 Å². The minimum atomic E-state index is 0.913. The lowest BCUT2D eigenvalue weighted by atomic mass is 10.0. The van der Waals surface area contributed by atoms with Crippen LogP contribution in [0.25, 0.3) is 80.4 Å². The molecule has 3 nitrogen and oxygen atoms in total. The maximum atomic E-state index is 6.27. The van der Waals surface area contributed by atoms with Gasteiger partial charge in [0.2, 0.25) is 0 Å². The number of hydrogen-bond acceptors (Lipinski definition) is 3. The maximum absolute atomic E-state index is 6.27. The summed E-state index contributed by atoms with van der Waals surface area (Å²) in [6, 6.07) is 61.4. The summed E-state index contributed by atoms with van der Waals surface area (Å²) >= 11 is 1.86. The van der Waals surface area contributed by atoms with Crippen LogP contribution in [0.3, 0.4) is 0 Å². The Balaban J connectivity index is 1.25. The van der Waals surface area contributed by atoms with Gasteiger partial charge >= 0.3 is 0 Å². The average molecular weight is 657 g/mol. The molecule has 3 aromatic heterocycles. The van der Waals surface area contributed by atoms with Gasteiger partial charge in [0.05, 0.1) is 22.4 Å². The van der Waals surface area contributed by atoms with Crippen molar-refractivity contribution in [2.45, 2.75) is 0 Å². The van der Waals surface area contributed by atoms with Crippen molar-refractivity contribution < 1.29 is 4.42 Å². The molecule has 0 saturated heterocycles. The van der Waals surface area contributed by atoms with Crippen molar-refractivity contribution >= 4 is 103 Å². The van der Waals surface area contributed by atoms with Crippen molar-refractivity contribution in [3.05, 3.63) is 170 Å². The first-order valence-corrected chi connectivity index (χ1v) is 17.7. The van der Waals surface area contributed by atoms with Crippen molar-refractivity contribution in [2.24, 2.45) is 0 Å². The van der Waals surface area contributed by atoms with Gasteiger partial charge in [0.15, 0.2) is 0 Å². The van der Waals surface area contributed by atoms with Gasteiger partial charge in [-0.15, -0.1) is 11.3 Å². The number of nitrogens with zero attached hydrogens (tertiary/aromatic N) is 2. The summed E-state index contributed by atoms with van der Waals surface area (Å²) in [6.07, 6.45) is 0. The highest BCUT2D eigenvalue weighted by atomic mass is 32.1. The Morgan fingerprint density at radius 2 is 1.14 bits per heavy atom. The molecule has 234 valence electrons. The number of benzene rings is 8. The number of hydrogen-bond donors (Lipinski definition) is 0. The van der Waals surface area contributed by atoms with Gasteiger partial charge in [-0.1, -0.05) is 91.0 Å². The van der Waals surface area contributed by atoms with E-state index in [1.54, 1.807) is 0 Å². The summed E-state index contributed by atoms with van der Waals surface area (Å²) in [6.45, 7) is 0. The SMILES string of the molecule is c1ccc(-n2c3ccccc3c3c(N(c4ccc5cc6oc7ccccc7c6cc5c4)c4cccc5sc6ccccc6c45)cccc32)cc1. The molecule has 0 N–H and O–H groups in total. The summed E-state index contributed by atoms with van der Waals surface area (Å²) in [5.41, 5.74) is 8.76. The Hall–Kier alpha value is -6.36. The first kappa shape index (κ1) is 27.6. The first-order valence-electron chi connectivity index (χ1n) is 16.9. The largest absolute Gasteiger partial charge is 0.456 e. The van der Waals surface area contributed by atoms with Gasteiger partial charge in [-0.05, 0) is 89.6 Å². The summed E-state index contributed by atoms with van der Waals surface area (Å²) < 4.78 is 11.2. The highest BCUT2D eigenvalue weighted by molar-refractivity contribution is 7.26. The molecule has 0 atom stereocenters. The van der Waals surface area contributed by atoms with Gasteiger partial charge in [-0.25, -0.2) is 0 Å². The van der Waals surface area contributed by atoms with E-state index in [0.717, 1.165) is 50.1 Å². The minimum absolute atomic E-state index is 0.913. The fraction of sp³-hybridized carbons (Fsp3) is 0. The normalized spacial score (nSPS) is 12.0. The van der Waals surface area contributed by atoms with E-state index in [0.29, 0.717) is 0 Å². The Bertz CT molecular complexity index is 3110. The van der Waals surface area contributed by atoms with E-state index < -0.39 is 0 Å². The van der Waals surface area contributed by atoms with Crippen LogP contribution in [0.15, 0.2) is 174 Å². The van der Waals surface area contributed by atoms with Crippen molar-refractivity contribution in [1.82, 2.24) is 4.57 Å². The molecule has 3 heterocycles. The number of thiophene rings is 1. The number of anilines is 3. The summed E-state index contributed by atoms with van der Waals surface area (Å²) in [7, 11) is 0. The van der Waals surface area contributed by atoms with Crippen LogP contribution in [0.1, 0.15) is 0 Å². The molecule has 0 radical (unpaired) electrons. The van der Waals surface area contributed by atoms with Crippen LogP contribution >= 0.6 is 11.3 Å². The van der Waals surface area contributed by atoms with Crippen molar-refractivity contribution in [3.8, 4) is 5.69 Å².